The highest BCUT2D eigenvalue weighted by atomic mass is 14.6. The second-order valence-electron chi connectivity index (χ2n) is 6.83. The standard InChI is InChI=1S/C19H31N/c1-3-7-16(2)19(14-17-8-5-4-6-9-17)15-18-10-12-20-13-11-18/h10-13,16-17,19H,3-9,14-15H2,1-2H3. The van der Waals surface area contributed by atoms with Gasteiger partial charge in [-0.3, -0.25) is 4.98 Å². The maximum Gasteiger partial charge on any atom is 0.0270 e. The highest BCUT2D eigenvalue weighted by Gasteiger charge is 2.23. The summed E-state index contributed by atoms with van der Waals surface area (Å²) in [6.07, 6.45) is 16.6. The van der Waals surface area contributed by atoms with Crippen LogP contribution in [-0.2, 0) is 6.42 Å². The van der Waals surface area contributed by atoms with Crippen molar-refractivity contribution in [1.29, 1.82) is 0 Å². The van der Waals surface area contributed by atoms with Crippen molar-refractivity contribution in [2.45, 2.75) is 71.6 Å². The lowest BCUT2D eigenvalue weighted by molar-refractivity contribution is 0.229. The van der Waals surface area contributed by atoms with Gasteiger partial charge in [0.15, 0.2) is 0 Å². The predicted octanol–water partition coefficient (Wildman–Crippen LogP) is 5.65. The first-order valence-corrected chi connectivity index (χ1v) is 8.68. The van der Waals surface area contributed by atoms with Gasteiger partial charge in [0, 0.05) is 12.4 Å². The molecule has 1 aromatic rings. The maximum absolute atomic E-state index is 4.15. The Kier molecular flexibility index (Phi) is 6.56. The van der Waals surface area contributed by atoms with Gasteiger partial charge in [-0.25, -0.2) is 0 Å². The fraction of sp³-hybridized carbons (Fsp3) is 0.737. The number of hydrogen-bond donors (Lipinski definition) is 0. The van der Waals surface area contributed by atoms with Gasteiger partial charge in [-0.1, -0.05) is 58.8 Å². The summed E-state index contributed by atoms with van der Waals surface area (Å²) in [6.45, 7) is 4.79. The summed E-state index contributed by atoms with van der Waals surface area (Å²) in [4.78, 5) is 4.15. The minimum Gasteiger partial charge on any atom is -0.265 e. The molecule has 1 nitrogen and oxygen atoms in total. The molecule has 1 aromatic heterocycles. The van der Waals surface area contributed by atoms with Crippen molar-refractivity contribution in [2.75, 3.05) is 0 Å². The number of aromatic nitrogens is 1. The van der Waals surface area contributed by atoms with Gasteiger partial charge in [0.2, 0.25) is 0 Å². The summed E-state index contributed by atoms with van der Waals surface area (Å²) < 4.78 is 0. The van der Waals surface area contributed by atoms with Gasteiger partial charge < -0.3 is 0 Å². The van der Waals surface area contributed by atoms with E-state index in [-0.39, 0.29) is 0 Å². The molecule has 0 spiro atoms. The van der Waals surface area contributed by atoms with Gasteiger partial charge in [0.1, 0.15) is 0 Å². The molecule has 0 radical (unpaired) electrons. The van der Waals surface area contributed by atoms with E-state index in [1.54, 1.807) is 0 Å². The van der Waals surface area contributed by atoms with Gasteiger partial charge in [-0.15, -0.1) is 0 Å². The molecule has 2 unspecified atom stereocenters. The van der Waals surface area contributed by atoms with Crippen LogP contribution in [0.2, 0.25) is 0 Å². The average Bonchev–Trinajstić information content (AvgIpc) is 2.49. The molecule has 2 rings (SSSR count). The molecule has 2 atom stereocenters. The third-order valence-electron chi connectivity index (χ3n) is 5.16. The first-order valence-electron chi connectivity index (χ1n) is 8.68. The van der Waals surface area contributed by atoms with Crippen LogP contribution in [0.15, 0.2) is 24.5 Å². The summed E-state index contributed by atoms with van der Waals surface area (Å²) in [6, 6.07) is 4.40. The SMILES string of the molecule is CCCC(C)C(Cc1ccncc1)CC1CCCCC1. The number of pyridine rings is 1. The first kappa shape index (κ1) is 15.5. The maximum atomic E-state index is 4.15. The van der Waals surface area contributed by atoms with Crippen molar-refractivity contribution in [1.82, 2.24) is 4.98 Å². The molecular weight excluding hydrogens is 242 g/mol. The Labute approximate surface area is 125 Å². The smallest absolute Gasteiger partial charge is 0.0270 e. The monoisotopic (exact) mass is 273 g/mol. The molecule has 0 saturated heterocycles. The van der Waals surface area contributed by atoms with Crippen molar-refractivity contribution in [3.8, 4) is 0 Å². The molecule has 0 aromatic carbocycles. The van der Waals surface area contributed by atoms with Crippen LogP contribution >= 0.6 is 0 Å². The number of nitrogens with zero attached hydrogens (tertiary/aromatic N) is 1. The third-order valence-corrected chi connectivity index (χ3v) is 5.16. The van der Waals surface area contributed by atoms with E-state index in [9.17, 15) is 0 Å². The molecule has 1 heteroatoms. The summed E-state index contributed by atoms with van der Waals surface area (Å²) in [5.74, 6) is 2.71. The average molecular weight is 273 g/mol. The molecule has 1 heterocycles. The minimum atomic E-state index is 0.857. The van der Waals surface area contributed by atoms with Crippen LogP contribution in [0.5, 0.6) is 0 Å². The Morgan fingerprint density at radius 3 is 2.50 bits per heavy atom. The van der Waals surface area contributed by atoms with Crippen molar-refractivity contribution in [2.24, 2.45) is 17.8 Å². The van der Waals surface area contributed by atoms with Crippen LogP contribution in [0.25, 0.3) is 0 Å². The highest BCUT2D eigenvalue weighted by Crippen LogP contribution is 2.34. The Morgan fingerprint density at radius 1 is 1.15 bits per heavy atom. The van der Waals surface area contributed by atoms with Gasteiger partial charge in [0.05, 0.1) is 0 Å². The van der Waals surface area contributed by atoms with Crippen molar-refractivity contribution in [3.63, 3.8) is 0 Å². The molecule has 0 bridgehead atoms. The molecule has 1 saturated carbocycles. The van der Waals surface area contributed by atoms with E-state index in [0.717, 1.165) is 17.8 Å². The Morgan fingerprint density at radius 2 is 1.85 bits per heavy atom. The highest BCUT2D eigenvalue weighted by molar-refractivity contribution is 5.10. The zero-order chi connectivity index (χ0) is 14.2. The Balaban J connectivity index is 1.96. The van der Waals surface area contributed by atoms with Crippen LogP contribution in [-0.4, -0.2) is 4.98 Å². The molecule has 0 N–H and O–H groups in total. The largest absolute Gasteiger partial charge is 0.265 e. The summed E-state index contributed by atoms with van der Waals surface area (Å²) in [7, 11) is 0. The van der Waals surface area contributed by atoms with E-state index in [0.29, 0.717) is 0 Å². The molecule has 112 valence electrons. The lowest BCUT2D eigenvalue weighted by atomic mass is 9.75. The number of rotatable bonds is 7. The van der Waals surface area contributed by atoms with E-state index in [1.807, 2.05) is 12.4 Å². The summed E-state index contributed by atoms with van der Waals surface area (Å²) in [5.41, 5.74) is 1.48. The molecule has 0 amide bonds. The van der Waals surface area contributed by atoms with E-state index < -0.39 is 0 Å². The lowest BCUT2D eigenvalue weighted by Crippen LogP contribution is -2.20. The first-order chi connectivity index (χ1) is 9.79. The molecule has 0 aliphatic heterocycles. The molecule has 1 aliphatic carbocycles. The molecule has 20 heavy (non-hydrogen) atoms. The van der Waals surface area contributed by atoms with E-state index in [4.69, 9.17) is 0 Å². The van der Waals surface area contributed by atoms with Crippen LogP contribution in [0, 0.1) is 17.8 Å². The van der Waals surface area contributed by atoms with E-state index >= 15 is 0 Å². The zero-order valence-corrected chi connectivity index (χ0v) is 13.4. The van der Waals surface area contributed by atoms with E-state index in [2.05, 4.69) is 31.0 Å². The van der Waals surface area contributed by atoms with Crippen molar-refractivity contribution < 1.29 is 0 Å². The topological polar surface area (TPSA) is 12.9 Å². The van der Waals surface area contributed by atoms with Crippen LogP contribution in [0.4, 0.5) is 0 Å². The zero-order valence-electron chi connectivity index (χ0n) is 13.4. The second kappa shape index (κ2) is 8.44. The van der Waals surface area contributed by atoms with Gasteiger partial charge >= 0.3 is 0 Å². The molecule has 1 aliphatic rings. The molecular formula is C19H31N. The third kappa shape index (κ3) is 4.92. The Hall–Kier alpha value is -0.850. The van der Waals surface area contributed by atoms with Gasteiger partial charge in [0.25, 0.3) is 0 Å². The van der Waals surface area contributed by atoms with Crippen LogP contribution < -0.4 is 0 Å². The normalized spacial score (nSPS) is 19.7. The summed E-state index contributed by atoms with van der Waals surface area (Å²) >= 11 is 0. The Bertz CT molecular complexity index is 353. The second-order valence-corrected chi connectivity index (χ2v) is 6.83. The molecule has 1 fully saturated rings. The lowest BCUT2D eigenvalue weighted by Gasteiger charge is -2.30. The number of hydrogen-bond acceptors (Lipinski definition) is 1. The van der Waals surface area contributed by atoms with Gasteiger partial charge in [-0.05, 0) is 48.3 Å². The summed E-state index contributed by atoms with van der Waals surface area (Å²) in [5, 5.41) is 0. The minimum absolute atomic E-state index is 0.857. The van der Waals surface area contributed by atoms with E-state index in [1.165, 1.54) is 63.4 Å². The fourth-order valence-electron chi connectivity index (χ4n) is 3.88. The predicted molar refractivity (Wildman–Crippen MR) is 86.7 cm³/mol. The fourth-order valence-corrected chi connectivity index (χ4v) is 3.88. The quantitative estimate of drug-likeness (QED) is 0.626. The van der Waals surface area contributed by atoms with Gasteiger partial charge in [-0.2, -0.15) is 0 Å². The van der Waals surface area contributed by atoms with Crippen molar-refractivity contribution >= 4 is 0 Å². The van der Waals surface area contributed by atoms with Crippen LogP contribution in [0.1, 0.15) is 70.8 Å². The van der Waals surface area contributed by atoms with Crippen molar-refractivity contribution in [3.05, 3.63) is 30.1 Å². The van der Waals surface area contributed by atoms with Crippen LogP contribution in [0.3, 0.4) is 0 Å².